The van der Waals surface area contributed by atoms with Crippen LogP contribution >= 0.6 is 34.8 Å². The normalized spacial score (nSPS) is 18.3. The van der Waals surface area contributed by atoms with E-state index in [1.54, 1.807) is 0 Å². The molecule has 21 heavy (non-hydrogen) atoms. The first kappa shape index (κ1) is 16.8. The third-order valence-electron chi connectivity index (χ3n) is 3.44. The number of nitrogens with zero attached hydrogens (tertiary/aromatic N) is 1. The van der Waals surface area contributed by atoms with Crippen molar-refractivity contribution in [2.24, 2.45) is 0 Å². The van der Waals surface area contributed by atoms with E-state index in [1.165, 1.54) is 24.3 Å². The van der Waals surface area contributed by atoms with E-state index in [4.69, 9.17) is 34.8 Å². The number of hydrogen-bond acceptors (Lipinski definition) is 2. The number of amides is 1. The van der Waals surface area contributed by atoms with E-state index in [1.807, 2.05) is 4.90 Å². The van der Waals surface area contributed by atoms with Crippen LogP contribution in [0.25, 0.3) is 0 Å². The molecule has 0 spiro atoms. The zero-order valence-electron chi connectivity index (χ0n) is 11.3. The summed E-state index contributed by atoms with van der Waals surface area (Å²) in [7, 11) is 0. The van der Waals surface area contributed by atoms with Crippen molar-refractivity contribution in [1.29, 1.82) is 0 Å². The number of carbonyl (C=O) groups is 1. The molecular formula is C14H16Cl3FN2O. The summed E-state index contributed by atoms with van der Waals surface area (Å²) in [6.07, 6.45) is 2.43. The second-order valence-electron chi connectivity index (χ2n) is 5.02. The maximum atomic E-state index is 12.9. The molecule has 1 aliphatic rings. The van der Waals surface area contributed by atoms with Gasteiger partial charge < -0.3 is 5.32 Å². The smallest absolute Gasteiger partial charge is 0.252 e. The monoisotopic (exact) mass is 352 g/mol. The van der Waals surface area contributed by atoms with Gasteiger partial charge in [0.25, 0.3) is 5.91 Å². The van der Waals surface area contributed by atoms with Gasteiger partial charge in [-0.05, 0) is 37.1 Å². The molecule has 1 atom stereocenters. The van der Waals surface area contributed by atoms with Crippen molar-refractivity contribution in [3.05, 3.63) is 35.6 Å². The summed E-state index contributed by atoms with van der Waals surface area (Å²) in [5.41, 5.74) is 0.327. The number of nitrogens with one attached hydrogen (secondary N) is 1. The number of carbonyl (C=O) groups excluding carboxylic acids is 1. The van der Waals surface area contributed by atoms with E-state index in [0.717, 1.165) is 32.4 Å². The number of halogens is 4. The van der Waals surface area contributed by atoms with E-state index >= 15 is 0 Å². The first-order valence-electron chi connectivity index (χ1n) is 6.75. The van der Waals surface area contributed by atoms with Gasteiger partial charge in [-0.1, -0.05) is 41.2 Å². The standard InChI is InChI=1S/C14H16Cl3FN2O/c15-14(16,17)13(20-8-2-1-3-9-20)19-12(21)10-4-6-11(18)7-5-10/h4-7,13H,1-3,8-9H2,(H,19,21). The summed E-state index contributed by atoms with van der Waals surface area (Å²) in [6, 6.07) is 5.24. The zero-order valence-corrected chi connectivity index (χ0v) is 13.6. The van der Waals surface area contributed by atoms with Gasteiger partial charge in [-0.15, -0.1) is 0 Å². The molecule has 1 unspecified atom stereocenters. The summed E-state index contributed by atoms with van der Waals surface area (Å²) in [6.45, 7) is 1.53. The number of hydrogen-bond donors (Lipinski definition) is 1. The maximum absolute atomic E-state index is 12.9. The van der Waals surface area contributed by atoms with Gasteiger partial charge >= 0.3 is 0 Å². The Hall–Kier alpha value is -0.550. The molecule has 0 radical (unpaired) electrons. The Balaban J connectivity index is 2.10. The van der Waals surface area contributed by atoms with Crippen molar-refractivity contribution >= 4 is 40.7 Å². The molecule has 1 N–H and O–H groups in total. The minimum atomic E-state index is -1.63. The molecule has 7 heteroatoms. The number of alkyl halides is 3. The molecule has 116 valence electrons. The van der Waals surface area contributed by atoms with Crippen LogP contribution in [0.15, 0.2) is 24.3 Å². The van der Waals surface area contributed by atoms with Crippen molar-refractivity contribution in [3.63, 3.8) is 0 Å². The van der Waals surface area contributed by atoms with Gasteiger partial charge in [-0.25, -0.2) is 4.39 Å². The summed E-state index contributed by atoms with van der Waals surface area (Å²) in [5, 5.41) is 2.73. The molecule has 1 heterocycles. The summed E-state index contributed by atoms with van der Waals surface area (Å²) in [4.78, 5) is 14.2. The largest absolute Gasteiger partial charge is 0.332 e. The molecule has 0 aliphatic carbocycles. The molecule has 1 aromatic rings. The molecule has 0 aromatic heterocycles. The predicted octanol–water partition coefficient (Wildman–Crippen LogP) is 3.74. The Bertz CT molecular complexity index is 484. The second kappa shape index (κ2) is 7.14. The lowest BCUT2D eigenvalue weighted by molar-refractivity contribution is 0.0819. The zero-order chi connectivity index (χ0) is 15.5. The van der Waals surface area contributed by atoms with Gasteiger partial charge in [0.2, 0.25) is 3.79 Å². The van der Waals surface area contributed by atoms with Crippen molar-refractivity contribution < 1.29 is 9.18 Å². The van der Waals surface area contributed by atoms with Gasteiger partial charge in [0.15, 0.2) is 0 Å². The predicted molar refractivity (Wildman–Crippen MR) is 83.4 cm³/mol. The number of likely N-dealkylation sites (tertiary alicyclic amines) is 1. The Labute approximate surface area is 138 Å². The summed E-state index contributed by atoms with van der Waals surface area (Å²) < 4.78 is 11.3. The average molecular weight is 354 g/mol. The fourth-order valence-electron chi connectivity index (χ4n) is 2.37. The van der Waals surface area contributed by atoms with Gasteiger partial charge in [0, 0.05) is 18.7 Å². The number of piperidine rings is 1. The third kappa shape index (κ3) is 4.71. The fourth-order valence-corrected chi connectivity index (χ4v) is 2.94. The van der Waals surface area contributed by atoms with Gasteiger partial charge in [0.05, 0.1) is 0 Å². The van der Waals surface area contributed by atoms with E-state index in [2.05, 4.69) is 5.32 Å². The van der Waals surface area contributed by atoms with Crippen LogP contribution in [-0.4, -0.2) is 33.9 Å². The topological polar surface area (TPSA) is 32.3 Å². The summed E-state index contributed by atoms with van der Waals surface area (Å²) >= 11 is 18.0. The van der Waals surface area contributed by atoms with Crippen molar-refractivity contribution in [2.45, 2.75) is 29.2 Å². The molecule has 1 aromatic carbocycles. The van der Waals surface area contributed by atoms with Crippen LogP contribution in [-0.2, 0) is 0 Å². The molecule has 1 aliphatic heterocycles. The highest BCUT2D eigenvalue weighted by molar-refractivity contribution is 6.68. The SMILES string of the molecule is O=C(NC(N1CCCCC1)C(Cl)(Cl)Cl)c1ccc(F)cc1. The van der Waals surface area contributed by atoms with E-state index < -0.39 is 21.7 Å². The molecule has 1 saturated heterocycles. The highest BCUT2D eigenvalue weighted by atomic mass is 35.6. The van der Waals surface area contributed by atoms with E-state index in [9.17, 15) is 9.18 Å². The second-order valence-corrected chi connectivity index (χ2v) is 7.39. The quantitative estimate of drug-likeness (QED) is 0.840. The van der Waals surface area contributed by atoms with Crippen LogP contribution in [0.3, 0.4) is 0 Å². The van der Waals surface area contributed by atoms with Gasteiger partial charge in [-0.2, -0.15) is 0 Å². The van der Waals surface area contributed by atoms with E-state index in [0.29, 0.717) is 5.56 Å². The van der Waals surface area contributed by atoms with E-state index in [-0.39, 0.29) is 0 Å². The number of benzene rings is 1. The first-order valence-corrected chi connectivity index (χ1v) is 7.88. The lowest BCUT2D eigenvalue weighted by atomic mass is 10.1. The Kier molecular flexibility index (Phi) is 5.72. The minimum Gasteiger partial charge on any atom is -0.332 e. The Morgan fingerprint density at radius 2 is 1.71 bits per heavy atom. The highest BCUT2D eigenvalue weighted by Crippen LogP contribution is 2.33. The average Bonchev–Trinajstić information content (AvgIpc) is 2.45. The fraction of sp³-hybridized carbons (Fsp3) is 0.500. The molecular weight excluding hydrogens is 338 g/mol. The van der Waals surface area contributed by atoms with Crippen molar-refractivity contribution in [3.8, 4) is 0 Å². The van der Waals surface area contributed by atoms with Crippen LogP contribution < -0.4 is 5.32 Å². The minimum absolute atomic E-state index is 0.327. The van der Waals surface area contributed by atoms with Crippen molar-refractivity contribution in [2.75, 3.05) is 13.1 Å². The molecule has 1 fully saturated rings. The molecule has 2 rings (SSSR count). The van der Waals surface area contributed by atoms with Crippen LogP contribution in [0.1, 0.15) is 29.6 Å². The van der Waals surface area contributed by atoms with Crippen LogP contribution in [0.2, 0.25) is 0 Å². The lowest BCUT2D eigenvalue weighted by Crippen LogP contribution is -2.56. The lowest BCUT2D eigenvalue weighted by Gasteiger charge is -2.38. The van der Waals surface area contributed by atoms with Crippen LogP contribution in [0.4, 0.5) is 4.39 Å². The molecule has 3 nitrogen and oxygen atoms in total. The first-order chi connectivity index (χ1) is 9.88. The Morgan fingerprint density at radius 1 is 1.14 bits per heavy atom. The summed E-state index contributed by atoms with van der Waals surface area (Å²) in [5.74, 6) is -0.794. The highest BCUT2D eigenvalue weighted by Gasteiger charge is 2.38. The number of rotatable bonds is 3. The maximum Gasteiger partial charge on any atom is 0.252 e. The molecule has 0 saturated carbocycles. The third-order valence-corrected chi connectivity index (χ3v) is 4.06. The van der Waals surface area contributed by atoms with Gasteiger partial charge in [-0.3, -0.25) is 9.69 Å². The van der Waals surface area contributed by atoms with Crippen molar-refractivity contribution in [1.82, 2.24) is 10.2 Å². The van der Waals surface area contributed by atoms with Crippen LogP contribution in [0, 0.1) is 5.82 Å². The Morgan fingerprint density at radius 3 is 2.24 bits per heavy atom. The van der Waals surface area contributed by atoms with Gasteiger partial charge in [0.1, 0.15) is 12.0 Å². The molecule has 0 bridgehead atoms. The molecule has 1 amide bonds. The van der Waals surface area contributed by atoms with Crippen LogP contribution in [0.5, 0.6) is 0 Å².